The molecule has 0 spiro atoms. The Bertz CT molecular complexity index is 745. The molecule has 2 atom stereocenters. The van der Waals surface area contributed by atoms with Gasteiger partial charge < -0.3 is 15.4 Å². The summed E-state index contributed by atoms with van der Waals surface area (Å²) >= 11 is 0. The molecule has 8 heteroatoms. The average Bonchev–Trinajstić information content (AvgIpc) is 3.50. The quantitative estimate of drug-likeness (QED) is 0.804. The van der Waals surface area contributed by atoms with Crippen LogP contribution in [0.25, 0.3) is 0 Å². The SMILES string of the molecule is NC(=O)[C@@H]1C[S@](=O)CN1C(=O)c1ccc(C2CC2)c(OCC2CC2)n1. The van der Waals surface area contributed by atoms with Crippen LogP contribution >= 0.6 is 0 Å². The Morgan fingerprint density at radius 1 is 1.28 bits per heavy atom. The molecule has 2 saturated carbocycles. The van der Waals surface area contributed by atoms with E-state index in [4.69, 9.17) is 10.5 Å². The van der Waals surface area contributed by atoms with Crippen LogP contribution in [0, 0.1) is 5.92 Å². The fourth-order valence-electron chi connectivity index (χ4n) is 3.02. The highest BCUT2D eigenvalue weighted by Crippen LogP contribution is 2.44. The third-order valence-corrected chi connectivity index (χ3v) is 6.12. The van der Waals surface area contributed by atoms with Gasteiger partial charge in [0.25, 0.3) is 5.91 Å². The summed E-state index contributed by atoms with van der Waals surface area (Å²) in [7, 11) is -1.26. The van der Waals surface area contributed by atoms with Crippen LogP contribution in [0.15, 0.2) is 12.1 Å². The van der Waals surface area contributed by atoms with Gasteiger partial charge in [0, 0.05) is 16.4 Å². The second kappa shape index (κ2) is 6.40. The zero-order chi connectivity index (χ0) is 17.6. The minimum atomic E-state index is -1.26. The molecule has 0 radical (unpaired) electrons. The number of carbonyl (C=O) groups is 2. The molecule has 7 nitrogen and oxygen atoms in total. The van der Waals surface area contributed by atoms with Crippen LogP contribution in [0.1, 0.15) is 47.7 Å². The standard InChI is InChI=1S/C17H21N3O4S/c18-15(21)14-8-25(23)9-20(14)17(22)13-6-5-12(11-3-4-11)16(19-13)24-7-10-1-2-10/h5-6,10-11,14H,1-4,7-9H2,(H2,18,21)/t14-,25-/m0/s1. The highest BCUT2D eigenvalue weighted by atomic mass is 32.2. The van der Waals surface area contributed by atoms with E-state index in [0.29, 0.717) is 24.3 Å². The number of hydrogen-bond donors (Lipinski definition) is 1. The Morgan fingerprint density at radius 3 is 2.68 bits per heavy atom. The Kier molecular flexibility index (Phi) is 4.23. The molecule has 3 aliphatic rings. The van der Waals surface area contributed by atoms with E-state index in [1.165, 1.54) is 17.7 Å². The molecule has 4 rings (SSSR count). The largest absolute Gasteiger partial charge is 0.477 e. The van der Waals surface area contributed by atoms with E-state index in [2.05, 4.69) is 4.98 Å². The number of ether oxygens (including phenoxy) is 1. The molecule has 0 aromatic carbocycles. The summed E-state index contributed by atoms with van der Waals surface area (Å²) in [4.78, 5) is 30.0. The predicted molar refractivity (Wildman–Crippen MR) is 91.5 cm³/mol. The Hall–Kier alpha value is -1.96. The van der Waals surface area contributed by atoms with Gasteiger partial charge in [-0.3, -0.25) is 13.8 Å². The van der Waals surface area contributed by atoms with Gasteiger partial charge in [-0.2, -0.15) is 0 Å². The van der Waals surface area contributed by atoms with Crippen molar-refractivity contribution < 1.29 is 18.5 Å². The van der Waals surface area contributed by atoms with Crippen molar-refractivity contribution >= 4 is 22.6 Å². The number of hydrogen-bond acceptors (Lipinski definition) is 5. The van der Waals surface area contributed by atoms with Crippen molar-refractivity contribution in [1.29, 1.82) is 0 Å². The number of nitrogens with two attached hydrogens (primary N) is 1. The summed E-state index contributed by atoms with van der Waals surface area (Å²) in [6.07, 6.45) is 4.59. The first-order chi connectivity index (χ1) is 12.0. The van der Waals surface area contributed by atoms with Crippen molar-refractivity contribution in [2.24, 2.45) is 11.7 Å². The lowest BCUT2D eigenvalue weighted by Crippen LogP contribution is -2.45. The minimum absolute atomic E-state index is 0.0107. The fraction of sp³-hybridized carbons (Fsp3) is 0.588. The van der Waals surface area contributed by atoms with E-state index < -0.39 is 28.7 Å². The van der Waals surface area contributed by atoms with Gasteiger partial charge in [-0.25, -0.2) is 4.98 Å². The van der Waals surface area contributed by atoms with Gasteiger partial charge in [0.05, 0.1) is 18.2 Å². The zero-order valence-electron chi connectivity index (χ0n) is 13.8. The third-order valence-electron chi connectivity index (χ3n) is 4.87. The normalized spacial score (nSPS) is 25.8. The van der Waals surface area contributed by atoms with Gasteiger partial charge in [0.15, 0.2) is 0 Å². The monoisotopic (exact) mass is 363 g/mol. The number of carbonyl (C=O) groups excluding carboxylic acids is 2. The van der Waals surface area contributed by atoms with Crippen LogP contribution in [0.3, 0.4) is 0 Å². The second-order valence-corrected chi connectivity index (χ2v) is 8.52. The van der Waals surface area contributed by atoms with Crippen molar-refractivity contribution in [2.45, 2.75) is 37.6 Å². The molecule has 2 N–H and O–H groups in total. The van der Waals surface area contributed by atoms with E-state index in [1.807, 2.05) is 6.07 Å². The van der Waals surface area contributed by atoms with Gasteiger partial charge in [0.2, 0.25) is 11.8 Å². The molecular weight excluding hydrogens is 342 g/mol. The number of nitrogens with zero attached hydrogens (tertiary/aromatic N) is 2. The lowest BCUT2D eigenvalue weighted by Gasteiger charge is -2.21. The molecule has 0 unspecified atom stereocenters. The van der Waals surface area contributed by atoms with Crippen molar-refractivity contribution in [3.8, 4) is 5.88 Å². The topological polar surface area (TPSA) is 103 Å². The summed E-state index contributed by atoms with van der Waals surface area (Å²) in [6.45, 7) is 0.627. The van der Waals surface area contributed by atoms with E-state index in [-0.39, 0.29) is 17.3 Å². The minimum Gasteiger partial charge on any atom is -0.477 e. The molecule has 2 aliphatic carbocycles. The van der Waals surface area contributed by atoms with Crippen LogP contribution in [0.4, 0.5) is 0 Å². The predicted octanol–water partition coefficient (Wildman–Crippen LogP) is 0.764. The molecule has 2 amide bonds. The first kappa shape index (κ1) is 16.5. The van der Waals surface area contributed by atoms with E-state index in [9.17, 15) is 13.8 Å². The molecule has 1 saturated heterocycles. The molecule has 25 heavy (non-hydrogen) atoms. The Morgan fingerprint density at radius 2 is 2.04 bits per heavy atom. The highest BCUT2D eigenvalue weighted by Gasteiger charge is 2.38. The van der Waals surface area contributed by atoms with Crippen molar-refractivity contribution in [3.05, 3.63) is 23.4 Å². The average molecular weight is 363 g/mol. The molecule has 1 aromatic rings. The summed E-state index contributed by atoms with van der Waals surface area (Å²) in [5.41, 5.74) is 6.60. The van der Waals surface area contributed by atoms with E-state index >= 15 is 0 Å². The fourth-order valence-corrected chi connectivity index (χ4v) is 4.43. The van der Waals surface area contributed by atoms with Crippen molar-refractivity contribution in [1.82, 2.24) is 9.88 Å². The first-order valence-electron chi connectivity index (χ1n) is 8.62. The van der Waals surface area contributed by atoms with Crippen molar-refractivity contribution in [3.63, 3.8) is 0 Å². The van der Waals surface area contributed by atoms with Gasteiger partial charge >= 0.3 is 0 Å². The van der Waals surface area contributed by atoms with Crippen LogP contribution in [-0.4, -0.2) is 50.2 Å². The van der Waals surface area contributed by atoms with Gasteiger partial charge in [-0.05, 0) is 43.6 Å². The van der Waals surface area contributed by atoms with Crippen molar-refractivity contribution in [2.75, 3.05) is 18.2 Å². The van der Waals surface area contributed by atoms with Gasteiger partial charge in [-0.1, -0.05) is 6.07 Å². The lowest BCUT2D eigenvalue weighted by atomic mass is 10.1. The third kappa shape index (κ3) is 3.53. The number of aromatic nitrogens is 1. The molecule has 2 heterocycles. The van der Waals surface area contributed by atoms with Crippen LogP contribution < -0.4 is 10.5 Å². The maximum absolute atomic E-state index is 12.8. The Labute approximate surface area is 148 Å². The van der Waals surface area contributed by atoms with E-state index in [0.717, 1.165) is 18.4 Å². The van der Waals surface area contributed by atoms with Crippen LogP contribution in [-0.2, 0) is 15.6 Å². The maximum Gasteiger partial charge on any atom is 0.274 e. The molecular formula is C17H21N3O4S. The Balaban J connectivity index is 1.58. The van der Waals surface area contributed by atoms with Crippen LogP contribution in [0.5, 0.6) is 5.88 Å². The van der Waals surface area contributed by atoms with Crippen LogP contribution in [0.2, 0.25) is 0 Å². The zero-order valence-corrected chi connectivity index (χ0v) is 14.7. The second-order valence-electron chi connectivity index (χ2n) is 7.05. The van der Waals surface area contributed by atoms with E-state index in [1.54, 1.807) is 6.07 Å². The number of primary amides is 1. The molecule has 0 bridgehead atoms. The number of rotatable bonds is 6. The van der Waals surface area contributed by atoms with Gasteiger partial charge in [0.1, 0.15) is 11.7 Å². The molecule has 1 aromatic heterocycles. The molecule has 1 aliphatic heterocycles. The lowest BCUT2D eigenvalue weighted by molar-refractivity contribution is -0.121. The number of pyridine rings is 1. The maximum atomic E-state index is 12.8. The summed E-state index contributed by atoms with van der Waals surface area (Å²) in [5, 5.41) is 0. The summed E-state index contributed by atoms with van der Waals surface area (Å²) in [6, 6.07) is 2.72. The molecule has 134 valence electrons. The summed E-state index contributed by atoms with van der Waals surface area (Å²) < 4.78 is 17.6. The van der Waals surface area contributed by atoms with Gasteiger partial charge in [-0.15, -0.1) is 0 Å². The molecule has 3 fully saturated rings. The smallest absolute Gasteiger partial charge is 0.274 e. The highest BCUT2D eigenvalue weighted by molar-refractivity contribution is 7.85. The summed E-state index contributed by atoms with van der Waals surface area (Å²) in [5.74, 6) is 0.615. The number of amides is 2. The first-order valence-corrected chi connectivity index (χ1v) is 10.1.